The molecule has 0 atom stereocenters. The third kappa shape index (κ3) is 3.62. The van der Waals surface area contributed by atoms with E-state index in [-0.39, 0.29) is 11.4 Å². The smallest absolute Gasteiger partial charge is 0.387 e. The van der Waals surface area contributed by atoms with Crippen molar-refractivity contribution in [3.8, 4) is 11.4 Å². The highest BCUT2D eigenvalue weighted by atomic mass is 19.3. The molecule has 0 amide bonds. The van der Waals surface area contributed by atoms with Crippen molar-refractivity contribution >= 4 is 11.4 Å². The van der Waals surface area contributed by atoms with Crippen LogP contribution in [-0.2, 0) is 0 Å². The van der Waals surface area contributed by atoms with Gasteiger partial charge in [0.2, 0.25) is 0 Å². The molecule has 5 nitrogen and oxygen atoms in total. The Kier molecular flexibility index (Phi) is 4.84. The van der Waals surface area contributed by atoms with Gasteiger partial charge in [-0.05, 0) is 30.3 Å². The molecule has 0 fully saturated rings. The van der Waals surface area contributed by atoms with Crippen molar-refractivity contribution < 1.29 is 17.9 Å². The number of benzene rings is 2. The number of anilines is 1. The molecule has 1 aliphatic rings. The Bertz CT molecular complexity index is 1030. The molecule has 8 heteroatoms. The van der Waals surface area contributed by atoms with Crippen LogP contribution in [0.3, 0.4) is 0 Å². The molecule has 3 aromatic rings. The molecule has 0 aliphatic carbocycles. The first kappa shape index (κ1) is 17.8. The number of halogens is 3. The largest absolute Gasteiger partial charge is 0.435 e. The lowest BCUT2D eigenvalue weighted by atomic mass is 10.1. The Labute approximate surface area is 159 Å². The van der Waals surface area contributed by atoms with Gasteiger partial charge < -0.3 is 4.74 Å². The number of alkyl halides is 2. The van der Waals surface area contributed by atoms with E-state index in [1.165, 1.54) is 17.1 Å². The maximum Gasteiger partial charge on any atom is 0.387 e. The first-order chi connectivity index (χ1) is 13.6. The zero-order chi connectivity index (χ0) is 19.5. The lowest BCUT2D eigenvalue weighted by molar-refractivity contribution is -0.0499. The maximum atomic E-state index is 14.4. The molecule has 2 aromatic carbocycles. The molecule has 1 aromatic heterocycles. The first-order valence-corrected chi connectivity index (χ1v) is 8.49. The maximum absolute atomic E-state index is 14.4. The van der Waals surface area contributed by atoms with Gasteiger partial charge in [0.05, 0.1) is 23.3 Å². The average molecular weight is 384 g/mol. The number of para-hydroxylation sites is 1. The van der Waals surface area contributed by atoms with E-state index in [9.17, 15) is 13.2 Å². The standard InChI is InChI=1S/C20H15F3N4O/c21-16-13-15(28-20(22)23)8-9-18(16)26-12-4-7-17(25-26)19-10-11-24-27(19)14-5-2-1-3-6-14/h1-6,8-13,20H,7H2. The van der Waals surface area contributed by atoms with E-state index in [1.54, 1.807) is 17.1 Å². The molecular weight excluding hydrogens is 369 g/mol. The van der Waals surface area contributed by atoms with Crippen molar-refractivity contribution in [1.82, 2.24) is 9.78 Å². The summed E-state index contributed by atoms with van der Waals surface area (Å²) in [5.74, 6) is -0.965. The summed E-state index contributed by atoms with van der Waals surface area (Å²) in [6, 6.07) is 15.0. The molecule has 0 bridgehead atoms. The third-order valence-corrected chi connectivity index (χ3v) is 4.12. The van der Waals surface area contributed by atoms with Crippen molar-refractivity contribution in [2.75, 3.05) is 5.01 Å². The Morgan fingerprint density at radius 1 is 1.04 bits per heavy atom. The van der Waals surface area contributed by atoms with Crippen LogP contribution in [0, 0.1) is 5.82 Å². The third-order valence-electron chi connectivity index (χ3n) is 4.12. The van der Waals surface area contributed by atoms with Crippen molar-refractivity contribution in [3.05, 3.63) is 84.6 Å². The van der Waals surface area contributed by atoms with Gasteiger partial charge in [-0.15, -0.1) is 0 Å². The first-order valence-electron chi connectivity index (χ1n) is 8.49. The van der Waals surface area contributed by atoms with Crippen molar-refractivity contribution in [2.24, 2.45) is 5.10 Å². The molecular formula is C20H15F3N4O. The Morgan fingerprint density at radius 3 is 2.61 bits per heavy atom. The number of aromatic nitrogens is 2. The van der Waals surface area contributed by atoms with Gasteiger partial charge in [-0.3, -0.25) is 0 Å². The summed E-state index contributed by atoms with van der Waals surface area (Å²) in [5, 5.41) is 10.2. The Morgan fingerprint density at radius 2 is 1.86 bits per heavy atom. The molecule has 1 aliphatic heterocycles. The second-order valence-electron chi connectivity index (χ2n) is 5.94. The monoisotopic (exact) mass is 384 g/mol. The van der Waals surface area contributed by atoms with Crippen LogP contribution in [0.1, 0.15) is 12.1 Å². The van der Waals surface area contributed by atoms with Gasteiger partial charge in [0.15, 0.2) is 5.82 Å². The number of ether oxygens (including phenoxy) is 1. The summed E-state index contributed by atoms with van der Waals surface area (Å²) >= 11 is 0. The zero-order valence-electron chi connectivity index (χ0n) is 14.5. The lowest BCUT2D eigenvalue weighted by Crippen LogP contribution is -2.20. The van der Waals surface area contributed by atoms with E-state index in [0.717, 1.165) is 17.4 Å². The van der Waals surface area contributed by atoms with Crippen LogP contribution in [0.15, 0.2) is 78.2 Å². The van der Waals surface area contributed by atoms with Crippen LogP contribution >= 0.6 is 0 Å². The van der Waals surface area contributed by atoms with E-state index in [1.807, 2.05) is 42.5 Å². The molecule has 0 spiro atoms. The molecule has 0 unspecified atom stereocenters. The van der Waals surface area contributed by atoms with E-state index < -0.39 is 12.4 Å². The predicted octanol–water partition coefficient (Wildman–Crippen LogP) is 4.74. The number of nitrogens with zero attached hydrogens (tertiary/aromatic N) is 4. The topological polar surface area (TPSA) is 42.6 Å². The number of hydrazone groups is 1. The molecule has 4 rings (SSSR count). The summed E-state index contributed by atoms with van der Waals surface area (Å²) in [6.07, 6.45) is 5.68. The minimum absolute atomic E-state index is 0.126. The van der Waals surface area contributed by atoms with Crippen LogP contribution in [-0.4, -0.2) is 22.1 Å². The summed E-state index contributed by atoms with van der Waals surface area (Å²) in [5.41, 5.74) is 2.47. The van der Waals surface area contributed by atoms with Crippen LogP contribution in [0.4, 0.5) is 18.9 Å². The fraction of sp³-hybridized carbons (Fsp3) is 0.100. The summed E-state index contributed by atoms with van der Waals surface area (Å²) < 4.78 is 45.0. The van der Waals surface area contributed by atoms with Gasteiger partial charge in [0.1, 0.15) is 11.4 Å². The van der Waals surface area contributed by atoms with Crippen LogP contribution in [0.5, 0.6) is 5.75 Å². The van der Waals surface area contributed by atoms with E-state index in [2.05, 4.69) is 14.9 Å². The predicted molar refractivity (Wildman–Crippen MR) is 99.4 cm³/mol. The Balaban J connectivity index is 1.65. The molecule has 2 heterocycles. The average Bonchev–Trinajstić information content (AvgIpc) is 3.18. The molecule has 142 valence electrons. The van der Waals surface area contributed by atoms with Gasteiger partial charge in [-0.1, -0.05) is 24.3 Å². The number of rotatable bonds is 5. The van der Waals surface area contributed by atoms with Crippen molar-refractivity contribution in [1.29, 1.82) is 0 Å². The lowest BCUT2D eigenvalue weighted by Gasteiger charge is -2.21. The molecule has 0 saturated carbocycles. The molecule has 0 radical (unpaired) electrons. The number of hydrogen-bond acceptors (Lipinski definition) is 4. The minimum Gasteiger partial charge on any atom is -0.435 e. The van der Waals surface area contributed by atoms with Crippen LogP contribution in [0.2, 0.25) is 0 Å². The van der Waals surface area contributed by atoms with Crippen molar-refractivity contribution in [2.45, 2.75) is 13.0 Å². The highest BCUT2D eigenvalue weighted by Gasteiger charge is 2.18. The van der Waals surface area contributed by atoms with Crippen molar-refractivity contribution in [3.63, 3.8) is 0 Å². The van der Waals surface area contributed by atoms with Crippen LogP contribution in [0.25, 0.3) is 5.69 Å². The second kappa shape index (κ2) is 7.59. The highest BCUT2D eigenvalue weighted by molar-refractivity contribution is 6.01. The van der Waals surface area contributed by atoms with Gasteiger partial charge in [0.25, 0.3) is 0 Å². The molecule has 28 heavy (non-hydrogen) atoms. The van der Waals surface area contributed by atoms with Gasteiger partial charge in [0, 0.05) is 18.7 Å². The summed E-state index contributed by atoms with van der Waals surface area (Å²) in [7, 11) is 0. The summed E-state index contributed by atoms with van der Waals surface area (Å²) in [6.45, 7) is -3.01. The normalized spacial score (nSPS) is 13.7. The van der Waals surface area contributed by atoms with Gasteiger partial charge >= 0.3 is 6.61 Å². The van der Waals surface area contributed by atoms with Gasteiger partial charge in [-0.25, -0.2) is 14.1 Å². The summed E-state index contributed by atoms with van der Waals surface area (Å²) in [4.78, 5) is 0. The van der Waals surface area contributed by atoms with E-state index >= 15 is 0 Å². The highest BCUT2D eigenvalue weighted by Crippen LogP contribution is 2.28. The number of allylic oxidation sites excluding steroid dienone is 1. The Hall–Kier alpha value is -3.55. The fourth-order valence-electron chi connectivity index (χ4n) is 2.90. The molecule has 0 saturated heterocycles. The fourth-order valence-corrected chi connectivity index (χ4v) is 2.90. The minimum atomic E-state index is -3.01. The SMILES string of the molecule is Fc1cc(OC(F)F)ccc1N1C=CCC(c2ccnn2-c2ccccc2)=N1. The molecule has 0 N–H and O–H groups in total. The number of hydrogen-bond donors (Lipinski definition) is 0. The quantitative estimate of drug-likeness (QED) is 0.638. The van der Waals surface area contributed by atoms with Gasteiger partial charge in [-0.2, -0.15) is 19.0 Å². The van der Waals surface area contributed by atoms with E-state index in [4.69, 9.17) is 0 Å². The van der Waals surface area contributed by atoms with E-state index in [0.29, 0.717) is 12.1 Å². The zero-order valence-corrected chi connectivity index (χ0v) is 14.5. The van der Waals surface area contributed by atoms with Crippen LogP contribution < -0.4 is 9.75 Å². The second-order valence-corrected chi connectivity index (χ2v) is 5.94.